The number of nitrogens with zero attached hydrogens (tertiary/aromatic N) is 1. The summed E-state index contributed by atoms with van der Waals surface area (Å²) in [4.78, 5) is 36.1. The summed E-state index contributed by atoms with van der Waals surface area (Å²) >= 11 is 0. The second-order valence-electron chi connectivity index (χ2n) is 4.72. The van der Waals surface area contributed by atoms with Crippen LogP contribution in [0.4, 0.5) is 0 Å². The molecule has 1 saturated heterocycles. The molecule has 0 radical (unpaired) electrons. The summed E-state index contributed by atoms with van der Waals surface area (Å²) in [6.07, 6.45) is 1.80. The van der Waals surface area contributed by atoms with E-state index in [1.54, 1.807) is 24.3 Å². The third-order valence-electron chi connectivity index (χ3n) is 3.48. The van der Waals surface area contributed by atoms with Crippen LogP contribution in [-0.2, 0) is 14.4 Å². The first-order valence-electron chi connectivity index (χ1n) is 6.49. The standard InChI is InChI=1S/C14H17N3O3/c15-13(19)11-7-4-8-17(11)14(20)12(16-9-18)10-5-2-1-3-6-10/h1-3,5-6,9,11-12H,4,7-8H2,(H2,15,19)(H,16,18)/t11-,12+/m0/s1. The van der Waals surface area contributed by atoms with Crippen LogP contribution in [0.15, 0.2) is 30.3 Å². The van der Waals surface area contributed by atoms with Crippen LogP contribution in [0.5, 0.6) is 0 Å². The summed E-state index contributed by atoms with van der Waals surface area (Å²) in [7, 11) is 0. The van der Waals surface area contributed by atoms with Gasteiger partial charge in [-0.25, -0.2) is 0 Å². The van der Waals surface area contributed by atoms with Gasteiger partial charge in [0.15, 0.2) is 0 Å². The zero-order valence-electron chi connectivity index (χ0n) is 11.0. The van der Waals surface area contributed by atoms with Crippen molar-refractivity contribution in [2.75, 3.05) is 6.54 Å². The first-order valence-corrected chi connectivity index (χ1v) is 6.49. The molecule has 0 spiro atoms. The van der Waals surface area contributed by atoms with Gasteiger partial charge in [-0.05, 0) is 18.4 Å². The van der Waals surface area contributed by atoms with Crippen LogP contribution in [0, 0.1) is 0 Å². The molecule has 0 unspecified atom stereocenters. The number of likely N-dealkylation sites (tertiary alicyclic amines) is 1. The predicted molar refractivity (Wildman–Crippen MR) is 72.3 cm³/mol. The molecule has 106 valence electrons. The number of nitrogens with two attached hydrogens (primary N) is 1. The number of rotatable bonds is 5. The largest absolute Gasteiger partial charge is 0.368 e. The maximum atomic E-state index is 12.5. The Morgan fingerprint density at radius 1 is 1.35 bits per heavy atom. The normalized spacial score (nSPS) is 19.4. The topological polar surface area (TPSA) is 92.5 Å². The van der Waals surface area contributed by atoms with Gasteiger partial charge in [0.1, 0.15) is 12.1 Å². The van der Waals surface area contributed by atoms with Crippen molar-refractivity contribution in [1.82, 2.24) is 10.2 Å². The van der Waals surface area contributed by atoms with E-state index in [0.717, 1.165) is 6.42 Å². The molecule has 2 atom stereocenters. The highest BCUT2D eigenvalue weighted by molar-refractivity contribution is 5.91. The molecule has 6 heteroatoms. The lowest BCUT2D eigenvalue weighted by atomic mass is 10.1. The maximum absolute atomic E-state index is 12.5. The van der Waals surface area contributed by atoms with Crippen LogP contribution in [0.3, 0.4) is 0 Å². The Labute approximate surface area is 116 Å². The number of carbonyl (C=O) groups excluding carboxylic acids is 3. The Kier molecular flexibility index (Phi) is 4.34. The molecule has 1 aromatic carbocycles. The van der Waals surface area contributed by atoms with E-state index in [2.05, 4.69) is 5.32 Å². The Morgan fingerprint density at radius 2 is 2.05 bits per heavy atom. The van der Waals surface area contributed by atoms with Gasteiger partial charge in [-0.1, -0.05) is 30.3 Å². The van der Waals surface area contributed by atoms with Crippen LogP contribution >= 0.6 is 0 Å². The van der Waals surface area contributed by atoms with Crippen molar-refractivity contribution in [2.24, 2.45) is 5.73 Å². The number of primary amides is 1. The summed E-state index contributed by atoms with van der Waals surface area (Å²) in [5.41, 5.74) is 6.00. The molecule has 0 bridgehead atoms. The van der Waals surface area contributed by atoms with E-state index >= 15 is 0 Å². The molecule has 6 nitrogen and oxygen atoms in total. The van der Waals surface area contributed by atoms with Crippen LogP contribution in [0.25, 0.3) is 0 Å². The first kappa shape index (κ1) is 14.0. The second kappa shape index (κ2) is 6.18. The van der Waals surface area contributed by atoms with E-state index in [1.807, 2.05) is 6.07 Å². The number of nitrogens with one attached hydrogen (secondary N) is 1. The number of amides is 3. The Balaban J connectivity index is 2.23. The molecule has 3 N–H and O–H groups in total. The smallest absolute Gasteiger partial charge is 0.250 e. The average Bonchev–Trinajstić information content (AvgIpc) is 2.94. The first-order chi connectivity index (χ1) is 9.65. The molecule has 2 rings (SSSR count). The molecule has 1 aromatic rings. The van der Waals surface area contributed by atoms with Gasteiger partial charge in [0.25, 0.3) is 0 Å². The van der Waals surface area contributed by atoms with E-state index < -0.39 is 18.0 Å². The van der Waals surface area contributed by atoms with Crippen LogP contribution in [0.2, 0.25) is 0 Å². The van der Waals surface area contributed by atoms with E-state index in [9.17, 15) is 14.4 Å². The zero-order chi connectivity index (χ0) is 14.5. The van der Waals surface area contributed by atoms with Crippen LogP contribution < -0.4 is 11.1 Å². The Hall–Kier alpha value is -2.37. The van der Waals surface area contributed by atoms with Crippen LogP contribution in [0.1, 0.15) is 24.4 Å². The van der Waals surface area contributed by atoms with Crippen molar-refractivity contribution in [1.29, 1.82) is 0 Å². The lowest BCUT2D eigenvalue weighted by Gasteiger charge is -2.27. The SMILES string of the molecule is NC(=O)[C@@H]1CCCN1C(=O)[C@H](NC=O)c1ccccc1. The summed E-state index contributed by atoms with van der Waals surface area (Å²) < 4.78 is 0. The summed E-state index contributed by atoms with van der Waals surface area (Å²) in [5, 5.41) is 2.51. The Morgan fingerprint density at radius 3 is 2.65 bits per heavy atom. The van der Waals surface area contributed by atoms with E-state index in [0.29, 0.717) is 24.9 Å². The minimum Gasteiger partial charge on any atom is -0.368 e. The summed E-state index contributed by atoms with van der Waals surface area (Å²) in [6.45, 7) is 0.482. The number of benzene rings is 1. The van der Waals surface area contributed by atoms with Gasteiger partial charge in [0.05, 0.1) is 0 Å². The van der Waals surface area contributed by atoms with Crippen molar-refractivity contribution in [3.8, 4) is 0 Å². The maximum Gasteiger partial charge on any atom is 0.250 e. The molecule has 0 aliphatic carbocycles. The van der Waals surface area contributed by atoms with Gasteiger partial charge in [0.2, 0.25) is 18.2 Å². The van der Waals surface area contributed by atoms with Gasteiger partial charge in [-0.2, -0.15) is 0 Å². The summed E-state index contributed by atoms with van der Waals surface area (Å²) in [6, 6.07) is 7.56. The molecule has 1 aliphatic rings. The lowest BCUT2D eigenvalue weighted by molar-refractivity contribution is -0.139. The molecular weight excluding hydrogens is 258 g/mol. The quantitative estimate of drug-likeness (QED) is 0.738. The average molecular weight is 275 g/mol. The molecule has 0 saturated carbocycles. The van der Waals surface area contributed by atoms with Crippen molar-refractivity contribution in [3.63, 3.8) is 0 Å². The van der Waals surface area contributed by atoms with Crippen molar-refractivity contribution in [3.05, 3.63) is 35.9 Å². The van der Waals surface area contributed by atoms with Gasteiger partial charge in [-0.15, -0.1) is 0 Å². The molecular formula is C14H17N3O3. The van der Waals surface area contributed by atoms with Gasteiger partial charge in [-0.3, -0.25) is 14.4 Å². The van der Waals surface area contributed by atoms with Gasteiger partial charge >= 0.3 is 0 Å². The minimum absolute atomic E-state index is 0.301. The Bertz CT molecular complexity index is 504. The molecule has 3 amide bonds. The second-order valence-corrected chi connectivity index (χ2v) is 4.72. The van der Waals surface area contributed by atoms with Gasteiger partial charge in [0, 0.05) is 6.54 Å². The van der Waals surface area contributed by atoms with E-state index in [-0.39, 0.29) is 5.91 Å². The number of carbonyl (C=O) groups is 3. The van der Waals surface area contributed by atoms with E-state index in [1.165, 1.54) is 4.90 Å². The lowest BCUT2D eigenvalue weighted by Crippen LogP contribution is -2.48. The zero-order valence-corrected chi connectivity index (χ0v) is 11.0. The molecule has 20 heavy (non-hydrogen) atoms. The third kappa shape index (κ3) is 2.79. The van der Waals surface area contributed by atoms with Crippen LogP contribution in [-0.4, -0.2) is 35.7 Å². The molecule has 1 fully saturated rings. The van der Waals surface area contributed by atoms with Crippen molar-refractivity contribution < 1.29 is 14.4 Å². The third-order valence-corrected chi connectivity index (χ3v) is 3.48. The van der Waals surface area contributed by atoms with Crippen molar-refractivity contribution >= 4 is 18.2 Å². The molecule has 1 aliphatic heterocycles. The summed E-state index contributed by atoms with van der Waals surface area (Å²) in [5.74, 6) is -0.807. The fourth-order valence-electron chi connectivity index (χ4n) is 2.52. The van der Waals surface area contributed by atoms with E-state index in [4.69, 9.17) is 5.73 Å². The van der Waals surface area contributed by atoms with Gasteiger partial charge < -0.3 is 16.0 Å². The fourth-order valence-corrected chi connectivity index (χ4v) is 2.52. The fraction of sp³-hybridized carbons (Fsp3) is 0.357. The molecule has 1 heterocycles. The number of hydrogen-bond acceptors (Lipinski definition) is 3. The predicted octanol–water partition coefficient (Wildman–Crippen LogP) is -0.0500. The van der Waals surface area contributed by atoms with Crippen molar-refractivity contribution in [2.45, 2.75) is 24.9 Å². The minimum atomic E-state index is -0.784. The monoisotopic (exact) mass is 275 g/mol. The molecule has 0 aromatic heterocycles. The highest BCUT2D eigenvalue weighted by Gasteiger charge is 2.36. The highest BCUT2D eigenvalue weighted by Crippen LogP contribution is 2.23. The number of hydrogen-bond donors (Lipinski definition) is 2. The highest BCUT2D eigenvalue weighted by atomic mass is 16.2.